The van der Waals surface area contributed by atoms with Crippen LogP contribution in [0.3, 0.4) is 0 Å². The minimum atomic E-state index is 0.636. The van der Waals surface area contributed by atoms with Crippen molar-refractivity contribution >= 4 is 5.69 Å². The number of hydrogen-bond acceptors (Lipinski definition) is 3. The van der Waals surface area contributed by atoms with Gasteiger partial charge in [-0.2, -0.15) is 0 Å². The molecule has 0 saturated heterocycles. The van der Waals surface area contributed by atoms with E-state index >= 15 is 0 Å². The summed E-state index contributed by atoms with van der Waals surface area (Å²) >= 11 is 0. The molecule has 3 heteroatoms. The van der Waals surface area contributed by atoms with Gasteiger partial charge in [-0.3, -0.25) is 0 Å². The molecule has 0 amide bonds. The van der Waals surface area contributed by atoms with Crippen molar-refractivity contribution in [1.29, 1.82) is 0 Å². The van der Waals surface area contributed by atoms with Crippen molar-refractivity contribution in [2.75, 3.05) is 19.5 Å². The molecule has 0 unspecified atom stereocenters. The van der Waals surface area contributed by atoms with Crippen molar-refractivity contribution in [2.45, 2.75) is 32.2 Å². The first-order chi connectivity index (χ1) is 7.74. The summed E-state index contributed by atoms with van der Waals surface area (Å²) < 4.78 is 10.6. The molecule has 3 nitrogen and oxygen atoms in total. The highest BCUT2D eigenvalue weighted by Crippen LogP contribution is 2.34. The minimum Gasteiger partial charge on any atom is -0.493 e. The van der Waals surface area contributed by atoms with Gasteiger partial charge in [-0.25, -0.2) is 0 Å². The quantitative estimate of drug-likeness (QED) is 0.847. The van der Waals surface area contributed by atoms with Crippen LogP contribution in [0.1, 0.15) is 24.8 Å². The molecule has 0 aromatic heterocycles. The zero-order chi connectivity index (χ0) is 11.5. The molecule has 0 aliphatic heterocycles. The van der Waals surface area contributed by atoms with Crippen LogP contribution < -0.4 is 14.8 Å². The fourth-order valence-corrected chi connectivity index (χ4v) is 1.91. The monoisotopic (exact) mass is 221 g/mol. The Morgan fingerprint density at radius 3 is 2.25 bits per heavy atom. The van der Waals surface area contributed by atoms with Crippen LogP contribution in [0.15, 0.2) is 12.1 Å². The lowest BCUT2D eigenvalue weighted by molar-refractivity contribution is 0.354. The fraction of sp³-hybridized carbons (Fsp3) is 0.538. The average molecular weight is 221 g/mol. The van der Waals surface area contributed by atoms with Crippen LogP contribution in [0.2, 0.25) is 0 Å². The van der Waals surface area contributed by atoms with Crippen LogP contribution in [-0.2, 0) is 0 Å². The molecule has 1 aromatic rings. The normalized spacial score (nSPS) is 15.4. The lowest BCUT2D eigenvalue weighted by atomic mass is 9.92. The van der Waals surface area contributed by atoms with Crippen LogP contribution in [-0.4, -0.2) is 20.3 Å². The van der Waals surface area contributed by atoms with E-state index in [1.807, 2.05) is 12.1 Å². The third kappa shape index (κ3) is 2.08. The van der Waals surface area contributed by atoms with Crippen LogP contribution in [0.25, 0.3) is 0 Å². The Balaban J connectivity index is 2.22. The Morgan fingerprint density at radius 1 is 1.12 bits per heavy atom. The summed E-state index contributed by atoms with van der Waals surface area (Å²) in [7, 11) is 3.33. The molecule has 1 fully saturated rings. The van der Waals surface area contributed by atoms with E-state index in [9.17, 15) is 0 Å². The molecule has 2 rings (SSSR count). The Bertz CT molecular complexity index is 372. The summed E-state index contributed by atoms with van der Waals surface area (Å²) in [5.41, 5.74) is 2.35. The van der Waals surface area contributed by atoms with Crippen molar-refractivity contribution in [2.24, 2.45) is 0 Å². The third-order valence-electron chi connectivity index (χ3n) is 3.20. The van der Waals surface area contributed by atoms with Gasteiger partial charge >= 0.3 is 0 Å². The molecule has 1 aromatic carbocycles. The first-order valence-electron chi connectivity index (χ1n) is 5.73. The van der Waals surface area contributed by atoms with Crippen LogP contribution in [0.4, 0.5) is 5.69 Å². The summed E-state index contributed by atoms with van der Waals surface area (Å²) in [5, 5.41) is 3.54. The molecule has 0 heterocycles. The highest BCUT2D eigenvalue weighted by atomic mass is 16.5. The van der Waals surface area contributed by atoms with Gasteiger partial charge in [0.1, 0.15) is 0 Å². The standard InChI is InChI=1S/C13H19NO2/c1-9-7-12(15-2)13(16-3)8-11(9)14-10-5-4-6-10/h7-8,10,14H,4-6H2,1-3H3. The maximum absolute atomic E-state index is 5.30. The van der Waals surface area contributed by atoms with E-state index in [1.54, 1.807) is 14.2 Å². The van der Waals surface area contributed by atoms with Crippen molar-refractivity contribution in [1.82, 2.24) is 0 Å². The number of benzene rings is 1. The number of hydrogen-bond donors (Lipinski definition) is 1. The van der Waals surface area contributed by atoms with Gasteiger partial charge in [0, 0.05) is 17.8 Å². The van der Waals surface area contributed by atoms with Crippen molar-refractivity contribution in [3.05, 3.63) is 17.7 Å². The molecule has 1 aliphatic rings. The van der Waals surface area contributed by atoms with E-state index in [2.05, 4.69) is 12.2 Å². The maximum atomic E-state index is 5.30. The fourth-order valence-electron chi connectivity index (χ4n) is 1.91. The molecule has 1 N–H and O–H groups in total. The number of anilines is 1. The van der Waals surface area contributed by atoms with E-state index in [-0.39, 0.29) is 0 Å². The van der Waals surface area contributed by atoms with Crippen molar-refractivity contribution < 1.29 is 9.47 Å². The molecule has 0 bridgehead atoms. The first kappa shape index (κ1) is 11.1. The summed E-state index contributed by atoms with van der Waals surface area (Å²) in [5.74, 6) is 1.58. The third-order valence-corrected chi connectivity index (χ3v) is 3.20. The van der Waals surface area contributed by atoms with E-state index in [0.29, 0.717) is 6.04 Å². The second-order valence-electron chi connectivity index (χ2n) is 4.29. The molecular weight excluding hydrogens is 202 g/mol. The van der Waals surface area contributed by atoms with Crippen molar-refractivity contribution in [3.63, 3.8) is 0 Å². The van der Waals surface area contributed by atoms with Gasteiger partial charge in [0.15, 0.2) is 11.5 Å². The maximum Gasteiger partial charge on any atom is 0.162 e. The largest absolute Gasteiger partial charge is 0.493 e. The van der Waals surface area contributed by atoms with Gasteiger partial charge in [0.05, 0.1) is 14.2 Å². The topological polar surface area (TPSA) is 30.5 Å². The number of nitrogens with one attached hydrogen (secondary N) is 1. The van der Waals surface area contributed by atoms with Gasteiger partial charge in [-0.1, -0.05) is 0 Å². The molecule has 0 radical (unpaired) electrons. The highest BCUT2D eigenvalue weighted by molar-refractivity contribution is 5.60. The second-order valence-corrected chi connectivity index (χ2v) is 4.29. The Kier molecular flexibility index (Phi) is 3.22. The lowest BCUT2D eigenvalue weighted by Gasteiger charge is -2.28. The molecule has 0 atom stereocenters. The smallest absolute Gasteiger partial charge is 0.162 e. The lowest BCUT2D eigenvalue weighted by Crippen LogP contribution is -2.27. The summed E-state index contributed by atoms with van der Waals surface area (Å²) in [6, 6.07) is 4.67. The van der Waals surface area contributed by atoms with Gasteiger partial charge in [-0.05, 0) is 37.8 Å². The summed E-state index contributed by atoms with van der Waals surface area (Å²) in [6.45, 7) is 2.09. The Hall–Kier alpha value is -1.38. The van der Waals surface area contributed by atoms with E-state index in [4.69, 9.17) is 9.47 Å². The number of rotatable bonds is 4. The van der Waals surface area contributed by atoms with Crippen LogP contribution in [0, 0.1) is 6.92 Å². The molecular formula is C13H19NO2. The van der Waals surface area contributed by atoms with E-state index in [0.717, 1.165) is 17.2 Å². The molecule has 1 saturated carbocycles. The predicted molar refractivity (Wildman–Crippen MR) is 65.5 cm³/mol. The number of ether oxygens (including phenoxy) is 2. The molecule has 0 spiro atoms. The van der Waals surface area contributed by atoms with E-state index in [1.165, 1.54) is 24.8 Å². The Labute approximate surface area is 96.8 Å². The van der Waals surface area contributed by atoms with E-state index < -0.39 is 0 Å². The van der Waals surface area contributed by atoms with Gasteiger partial charge < -0.3 is 14.8 Å². The summed E-state index contributed by atoms with van der Waals surface area (Å²) in [6.07, 6.45) is 3.88. The van der Waals surface area contributed by atoms with Gasteiger partial charge in [0.25, 0.3) is 0 Å². The van der Waals surface area contributed by atoms with Crippen molar-refractivity contribution in [3.8, 4) is 11.5 Å². The molecule has 16 heavy (non-hydrogen) atoms. The zero-order valence-electron chi connectivity index (χ0n) is 10.2. The first-order valence-corrected chi connectivity index (χ1v) is 5.73. The zero-order valence-corrected chi connectivity index (χ0v) is 10.2. The average Bonchev–Trinajstić information content (AvgIpc) is 2.24. The van der Waals surface area contributed by atoms with Gasteiger partial charge in [0.2, 0.25) is 0 Å². The van der Waals surface area contributed by atoms with Crippen LogP contribution >= 0.6 is 0 Å². The predicted octanol–water partition coefficient (Wildman–Crippen LogP) is 2.98. The number of aryl methyl sites for hydroxylation is 1. The number of methoxy groups -OCH3 is 2. The second kappa shape index (κ2) is 4.64. The van der Waals surface area contributed by atoms with Crippen LogP contribution in [0.5, 0.6) is 11.5 Å². The Morgan fingerprint density at radius 2 is 1.75 bits per heavy atom. The van der Waals surface area contributed by atoms with Gasteiger partial charge in [-0.15, -0.1) is 0 Å². The molecule has 88 valence electrons. The molecule has 1 aliphatic carbocycles. The summed E-state index contributed by atoms with van der Waals surface area (Å²) in [4.78, 5) is 0. The minimum absolute atomic E-state index is 0.636. The SMILES string of the molecule is COc1cc(C)c(NC2CCC2)cc1OC. The highest BCUT2D eigenvalue weighted by Gasteiger charge is 2.18.